The Hall–Kier alpha value is -1.06. The van der Waals surface area contributed by atoms with E-state index in [1.165, 1.54) is 29.5 Å². The van der Waals surface area contributed by atoms with E-state index in [9.17, 15) is 0 Å². The van der Waals surface area contributed by atoms with E-state index in [-0.39, 0.29) is 6.04 Å². The van der Waals surface area contributed by atoms with E-state index in [0.29, 0.717) is 5.25 Å². The third-order valence-electron chi connectivity index (χ3n) is 3.36. The highest BCUT2D eigenvalue weighted by Gasteiger charge is 2.24. The first kappa shape index (κ1) is 11.1. The normalized spacial score (nSPS) is 21.8. The fraction of sp³-hybridized carbons (Fsp3) is 0.357. The van der Waals surface area contributed by atoms with Gasteiger partial charge in [-0.2, -0.15) is 11.8 Å². The third-order valence-corrected chi connectivity index (χ3v) is 4.84. The largest absolute Gasteiger partial charge is 0.323 e. The molecule has 88 valence electrons. The molecule has 17 heavy (non-hydrogen) atoms. The Bertz CT molecular complexity index is 520. The zero-order valence-corrected chi connectivity index (χ0v) is 10.5. The molecular formula is C14H16N2S. The number of para-hydroxylation sites is 1. The Morgan fingerprint density at radius 2 is 2.24 bits per heavy atom. The molecule has 0 saturated carbocycles. The van der Waals surface area contributed by atoms with Crippen LogP contribution in [-0.2, 0) is 0 Å². The SMILES string of the molecule is NC(c1cnc2ccccc2c1)C1CCCS1. The van der Waals surface area contributed by atoms with Gasteiger partial charge in [-0.3, -0.25) is 4.98 Å². The van der Waals surface area contributed by atoms with E-state index in [1.807, 2.05) is 36.2 Å². The second-order valence-corrected chi connectivity index (χ2v) is 5.89. The quantitative estimate of drug-likeness (QED) is 0.882. The van der Waals surface area contributed by atoms with Gasteiger partial charge in [-0.15, -0.1) is 0 Å². The molecule has 0 radical (unpaired) electrons. The minimum absolute atomic E-state index is 0.125. The Balaban J connectivity index is 1.94. The number of fused-ring (bicyclic) bond motifs is 1. The molecule has 1 aliphatic rings. The molecule has 2 N–H and O–H groups in total. The van der Waals surface area contributed by atoms with Gasteiger partial charge in [0.15, 0.2) is 0 Å². The maximum atomic E-state index is 6.33. The number of benzene rings is 1. The second-order valence-electron chi connectivity index (χ2n) is 4.54. The summed E-state index contributed by atoms with van der Waals surface area (Å²) in [6, 6.07) is 10.5. The van der Waals surface area contributed by atoms with E-state index in [4.69, 9.17) is 5.73 Å². The van der Waals surface area contributed by atoms with Gasteiger partial charge in [0, 0.05) is 22.9 Å². The predicted molar refractivity (Wildman–Crippen MR) is 74.2 cm³/mol. The molecular weight excluding hydrogens is 228 g/mol. The van der Waals surface area contributed by atoms with Crippen molar-refractivity contribution >= 4 is 22.7 Å². The van der Waals surface area contributed by atoms with E-state index in [2.05, 4.69) is 17.1 Å². The van der Waals surface area contributed by atoms with Crippen molar-refractivity contribution < 1.29 is 0 Å². The van der Waals surface area contributed by atoms with Crippen LogP contribution in [0, 0.1) is 0 Å². The summed E-state index contributed by atoms with van der Waals surface area (Å²) in [6.07, 6.45) is 4.47. The van der Waals surface area contributed by atoms with Crippen molar-refractivity contribution in [1.82, 2.24) is 4.98 Å². The maximum absolute atomic E-state index is 6.33. The fourth-order valence-electron chi connectivity index (χ4n) is 2.37. The van der Waals surface area contributed by atoms with Crippen LogP contribution in [0.5, 0.6) is 0 Å². The van der Waals surface area contributed by atoms with Gasteiger partial charge in [0.2, 0.25) is 0 Å². The molecule has 3 rings (SSSR count). The number of nitrogens with zero attached hydrogens (tertiary/aromatic N) is 1. The summed E-state index contributed by atoms with van der Waals surface area (Å²) in [7, 11) is 0. The number of rotatable bonds is 2. The second kappa shape index (κ2) is 4.67. The van der Waals surface area contributed by atoms with Gasteiger partial charge < -0.3 is 5.73 Å². The van der Waals surface area contributed by atoms with Gasteiger partial charge >= 0.3 is 0 Å². The molecule has 1 aliphatic heterocycles. The highest BCUT2D eigenvalue weighted by atomic mass is 32.2. The van der Waals surface area contributed by atoms with Gasteiger partial charge in [-0.1, -0.05) is 18.2 Å². The molecule has 2 aromatic rings. The number of nitrogens with two attached hydrogens (primary N) is 1. The van der Waals surface area contributed by atoms with Crippen molar-refractivity contribution in [3.8, 4) is 0 Å². The lowest BCUT2D eigenvalue weighted by Gasteiger charge is -2.18. The minimum Gasteiger partial charge on any atom is -0.323 e. The molecule has 2 unspecified atom stereocenters. The average molecular weight is 244 g/mol. The smallest absolute Gasteiger partial charge is 0.0702 e. The Morgan fingerprint density at radius 3 is 3.06 bits per heavy atom. The molecule has 0 amide bonds. The van der Waals surface area contributed by atoms with Crippen molar-refractivity contribution in [3.63, 3.8) is 0 Å². The van der Waals surface area contributed by atoms with E-state index in [0.717, 1.165) is 5.52 Å². The summed E-state index contributed by atoms with van der Waals surface area (Å²) < 4.78 is 0. The number of aromatic nitrogens is 1. The van der Waals surface area contributed by atoms with E-state index in [1.54, 1.807) is 0 Å². The highest BCUT2D eigenvalue weighted by molar-refractivity contribution is 8.00. The lowest BCUT2D eigenvalue weighted by atomic mass is 10.0. The molecule has 2 nitrogen and oxygen atoms in total. The van der Waals surface area contributed by atoms with Crippen LogP contribution in [0.2, 0.25) is 0 Å². The van der Waals surface area contributed by atoms with Gasteiger partial charge in [0.25, 0.3) is 0 Å². The lowest BCUT2D eigenvalue weighted by molar-refractivity contribution is 0.644. The lowest BCUT2D eigenvalue weighted by Crippen LogP contribution is -2.21. The first-order valence-corrected chi connectivity index (χ1v) is 7.11. The Kier molecular flexibility index (Phi) is 3.04. The molecule has 2 heterocycles. The Labute approximate surface area is 106 Å². The molecule has 1 saturated heterocycles. The number of pyridine rings is 1. The van der Waals surface area contributed by atoms with Crippen LogP contribution in [-0.4, -0.2) is 16.0 Å². The standard InChI is InChI=1S/C14H16N2S/c15-14(13-6-3-7-17-13)11-8-10-4-1-2-5-12(10)16-9-11/h1-2,4-5,8-9,13-14H,3,6-7,15H2. The van der Waals surface area contributed by atoms with Crippen LogP contribution in [0.15, 0.2) is 36.5 Å². The maximum Gasteiger partial charge on any atom is 0.0702 e. The fourth-order valence-corrected chi connectivity index (χ4v) is 3.70. The molecule has 1 fully saturated rings. The zero-order chi connectivity index (χ0) is 11.7. The molecule has 0 spiro atoms. The van der Waals surface area contributed by atoms with Crippen molar-refractivity contribution in [1.29, 1.82) is 0 Å². The van der Waals surface area contributed by atoms with E-state index < -0.39 is 0 Å². The van der Waals surface area contributed by atoms with Crippen LogP contribution in [0.1, 0.15) is 24.4 Å². The van der Waals surface area contributed by atoms with Crippen molar-refractivity contribution in [2.24, 2.45) is 5.73 Å². The summed E-state index contributed by atoms with van der Waals surface area (Å²) in [6.45, 7) is 0. The van der Waals surface area contributed by atoms with Crippen LogP contribution < -0.4 is 5.73 Å². The first-order chi connectivity index (χ1) is 8.34. The third kappa shape index (κ3) is 2.17. The van der Waals surface area contributed by atoms with Crippen molar-refractivity contribution in [3.05, 3.63) is 42.1 Å². The molecule has 0 aliphatic carbocycles. The zero-order valence-electron chi connectivity index (χ0n) is 9.67. The van der Waals surface area contributed by atoms with Crippen LogP contribution in [0.25, 0.3) is 10.9 Å². The number of hydrogen-bond acceptors (Lipinski definition) is 3. The average Bonchev–Trinajstić information content (AvgIpc) is 2.91. The van der Waals surface area contributed by atoms with Gasteiger partial charge in [-0.05, 0) is 36.3 Å². The minimum atomic E-state index is 0.125. The van der Waals surface area contributed by atoms with Crippen molar-refractivity contribution in [2.75, 3.05) is 5.75 Å². The molecule has 3 heteroatoms. The molecule has 1 aromatic carbocycles. The topological polar surface area (TPSA) is 38.9 Å². The first-order valence-electron chi connectivity index (χ1n) is 6.06. The number of hydrogen-bond donors (Lipinski definition) is 1. The summed E-state index contributed by atoms with van der Waals surface area (Å²) >= 11 is 2.00. The monoisotopic (exact) mass is 244 g/mol. The van der Waals surface area contributed by atoms with Gasteiger partial charge in [0.05, 0.1) is 5.52 Å². The van der Waals surface area contributed by atoms with Gasteiger partial charge in [-0.25, -0.2) is 0 Å². The molecule has 0 bridgehead atoms. The summed E-state index contributed by atoms with van der Waals surface area (Å²) in [5, 5.41) is 1.75. The predicted octanol–water partition coefficient (Wildman–Crippen LogP) is 3.13. The van der Waals surface area contributed by atoms with Crippen LogP contribution in [0.3, 0.4) is 0 Å². The van der Waals surface area contributed by atoms with Crippen LogP contribution in [0.4, 0.5) is 0 Å². The highest BCUT2D eigenvalue weighted by Crippen LogP contribution is 2.34. The van der Waals surface area contributed by atoms with Crippen molar-refractivity contribution in [2.45, 2.75) is 24.1 Å². The molecule has 2 atom stereocenters. The summed E-state index contributed by atoms with van der Waals surface area (Å²) in [4.78, 5) is 4.48. The summed E-state index contributed by atoms with van der Waals surface area (Å²) in [5.41, 5.74) is 8.54. The van der Waals surface area contributed by atoms with Gasteiger partial charge in [0.1, 0.15) is 0 Å². The Morgan fingerprint density at radius 1 is 1.35 bits per heavy atom. The van der Waals surface area contributed by atoms with E-state index >= 15 is 0 Å². The van der Waals surface area contributed by atoms with Crippen LogP contribution >= 0.6 is 11.8 Å². The summed E-state index contributed by atoms with van der Waals surface area (Å²) in [5.74, 6) is 1.25. The molecule has 1 aromatic heterocycles. The number of thioether (sulfide) groups is 1.